The molecule has 0 atom stereocenters. The minimum atomic E-state index is -4.72. The van der Waals surface area contributed by atoms with Gasteiger partial charge < -0.3 is 17.8 Å². The largest absolute Gasteiger partial charge is 0.481 e. The molecule has 13 nitrogen and oxygen atoms in total. The molecule has 29 heavy (non-hydrogen) atoms. The molecule has 15 heteroatoms. The van der Waals surface area contributed by atoms with Crippen LogP contribution in [0.15, 0.2) is 30.3 Å². The van der Waals surface area contributed by atoms with Gasteiger partial charge in [-0.2, -0.15) is 26.8 Å². The van der Waals surface area contributed by atoms with Crippen LogP contribution in [0.3, 0.4) is 0 Å². The molecule has 0 aliphatic carbocycles. The monoisotopic (exact) mass is 448 g/mol. The number of nitrogens with zero attached hydrogens (tertiary/aromatic N) is 2. The van der Waals surface area contributed by atoms with Gasteiger partial charge in [-0.3, -0.25) is 5.32 Å². The van der Waals surface area contributed by atoms with E-state index in [2.05, 4.69) is 19.5 Å². The fourth-order valence-corrected chi connectivity index (χ4v) is 2.96. The molecule has 1 aromatic carbocycles. The van der Waals surface area contributed by atoms with E-state index in [0.29, 0.717) is 0 Å². The van der Waals surface area contributed by atoms with Crippen molar-refractivity contribution in [2.45, 2.75) is 0 Å². The number of carbonyl (C=O) groups is 1. The van der Waals surface area contributed by atoms with Crippen LogP contribution in [0.2, 0.25) is 0 Å². The van der Waals surface area contributed by atoms with Crippen molar-refractivity contribution in [1.82, 2.24) is 14.7 Å². The molecule has 0 fully saturated rings. The molecule has 0 radical (unpaired) electrons. The Morgan fingerprint density at radius 2 is 1.45 bits per heavy atom. The van der Waals surface area contributed by atoms with Crippen LogP contribution in [0.5, 0.6) is 23.3 Å². The van der Waals surface area contributed by atoms with Gasteiger partial charge in [-0.25, -0.2) is 9.52 Å². The molecular weight excluding hydrogens is 432 g/mol. The number of nitrogens with one attached hydrogen (secondary N) is 2. The number of ether oxygens (including phenoxy) is 2. The fraction of sp³-hybridized carbons (Fsp3) is 0.214. The van der Waals surface area contributed by atoms with Crippen LogP contribution < -0.4 is 27.9 Å². The first-order chi connectivity index (χ1) is 13.5. The van der Waals surface area contributed by atoms with Crippen LogP contribution in [0.1, 0.15) is 0 Å². The quantitative estimate of drug-likeness (QED) is 0.531. The molecule has 0 aliphatic rings. The van der Waals surface area contributed by atoms with Crippen molar-refractivity contribution in [3.63, 3.8) is 0 Å². The molecule has 2 rings (SSSR count). The summed E-state index contributed by atoms with van der Waals surface area (Å²) in [6.45, 7) is 0. The van der Waals surface area contributed by atoms with Gasteiger partial charge in [-0.05, 0) is 12.1 Å². The summed E-state index contributed by atoms with van der Waals surface area (Å²) in [5.41, 5.74) is 0. The zero-order valence-corrected chi connectivity index (χ0v) is 16.9. The summed E-state index contributed by atoms with van der Waals surface area (Å²) in [7, 11) is -6.03. The maximum absolute atomic E-state index is 12.1. The Balaban J connectivity index is 2.13. The first-order valence-electron chi connectivity index (χ1n) is 7.50. The molecule has 1 aromatic heterocycles. The number of urea groups is 1. The van der Waals surface area contributed by atoms with E-state index in [1.807, 2.05) is 0 Å². The Bertz CT molecular complexity index is 1080. The molecule has 1 heterocycles. The van der Waals surface area contributed by atoms with Crippen molar-refractivity contribution >= 4 is 32.4 Å². The molecule has 158 valence electrons. The lowest BCUT2D eigenvalue weighted by molar-refractivity contribution is 0.255. The lowest BCUT2D eigenvalue weighted by atomic mass is 10.3. The first kappa shape index (κ1) is 22.0. The number of hydrogen-bond acceptors (Lipinski definition) is 11. The highest BCUT2D eigenvalue weighted by Gasteiger charge is 2.21. The van der Waals surface area contributed by atoms with E-state index in [0.717, 1.165) is 12.3 Å². The minimum Gasteiger partial charge on any atom is -0.481 e. The highest BCUT2D eigenvalue weighted by molar-refractivity contribution is 7.86. The van der Waals surface area contributed by atoms with Gasteiger partial charge >= 0.3 is 26.5 Å². The van der Waals surface area contributed by atoms with Crippen molar-refractivity contribution < 1.29 is 39.5 Å². The van der Waals surface area contributed by atoms with Gasteiger partial charge in [0.1, 0.15) is 0 Å². The van der Waals surface area contributed by atoms with E-state index < -0.39 is 32.2 Å². The number of methoxy groups -OCH3 is 2. The van der Waals surface area contributed by atoms with Crippen LogP contribution in [0, 0.1) is 0 Å². The molecule has 2 aromatic rings. The maximum Gasteiger partial charge on any atom is 0.411 e. The Hall–Kier alpha value is -3.33. The van der Waals surface area contributed by atoms with Gasteiger partial charge in [0.25, 0.3) is 0 Å². The predicted octanol–water partition coefficient (Wildman–Crippen LogP) is 0.277. The van der Waals surface area contributed by atoms with Crippen molar-refractivity contribution in [3.05, 3.63) is 30.3 Å². The van der Waals surface area contributed by atoms with Crippen LogP contribution in [0.25, 0.3) is 0 Å². The molecule has 0 unspecified atom stereocenters. The zero-order valence-electron chi connectivity index (χ0n) is 15.3. The number of hydrogen-bond donors (Lipinski definition) is 2. The van der Waals surface area contributed by atoms with E-state index in [1.165, 1.54) is 38.5 Å². The third-order valence-electron chi connectivity index (χ3n) is 2.83. The Morgan fingerprint density at radius 1 is 0.931 bits per heavy atom. The van der Waals surface area contributed by atoms with Gasteiger partial charge in [0.2, 0.25) is 17.7 Å². The number of amides is 2. The standard InChI is InChI=1S/C14H16N4O9S2/c1-24-11-8-12(25-2)16-13(15-11)17-14(19)18-29(22,23)27-10-7-5-4-6-9(10)26-28(3,20)21/h4-8H,1-3H3,(H2,15,16,17,18,19). The Labute approximate surface area is 166 Å². The summed E-state index contributed by atoms with van der Waals surface area (Å²) in [5, 5.41) is 2.07. The van der Waals surface area contributed by atoms with E-state index in [4.69, 9.17) is 13.7 Å². The predicted molar refractivity (Wildman–Crippen MR) is 98.8 cm³/mol. The Morgan fingerprint density at radius 3 is 1.93 bits per heavy atom. The molecule has 2 amide bonds. The molecule has 0 aliphatic heterocycles. The summed E-state index contributed by atoms with van der Waals surface area (Å²) in [6.07, 6.45) is 0.770. The topological polar surface area (TPSA) is 172 Å². The summed E-state index contributed by atoms with van der Waals surface area (Å²) < 4.78 is 67.4. The van der Waals surface area contributed by atoms with Crippen LogP contribution in [-0.2, 0) is 20.4 Å². The minimum absolute atomic E-state index is 0.0538. The highest BCUT2D eigenvalue weighted by atomic mass is 32.2. The average molecular weight is 448 g/mol. The maximum atomic E-state index is 12.1. The number of para-hydroxylation sites is 2. The van der Waals surface area contributed by atoms with Crippen molar-refractivity contribution in [1.29, 1.82) is 0 Å². The lowest BCUT2D eigenvalue weighted by Gasteiger charge is -2.12. The van der Waals surface area contributed by atoms with Gasteiger partial charge in [0.15, 0.2) is 11.5 Å². The van der Waals surface area contributed by atoms with Crippen molar-refractivity contribution in [3.8, 4) is 23.3 Å². The van der Waals surface area contributed by atoms with E-state index in [-0.39, 0.29) is 23.5 Å². The second-order valence-electron chi connectivity index (χ2n) is 5.10. The number of benzene rings is 1. The van der Waals surface area contributed by atoms with Crippen LogP contribution >= 0.6 is 0 Å². The normalized spacial score (nSPS) is 11.3. The average Bonchev–Trinajstić information content (AvgIpc) is 2.60. The third kappa shape index (κ3) is 6.96. The Kier molecular flexibility index (Phi) is 6.65. The smallest absolute Gasteiger partial charge is 0.411 e. The summed E-state index contributed by atoms with van der Waals surface area (Å²) in [5.74, 6) is -1.05. The molecule has 0 spiro atoms. The van der Waals surface area contributed by atoms with Crippen LogP contribution in [0.4, 0.5) is 10.7 Å². The van der Waals surface area contributed by atoms with Gasteiger partial charge in [0, 0.05) is 0 Å². The highest BCUT2D eigenvalue weighted by Crippen LogP contribution is 2.28. The number of carbonyl (C=O) groups excluding carboxylic acids is 1. The zero-order chi connectivity index (χ0) is 21.7. The van der Waals surface area contributed by atoms with Crippen molar-refractivity contribution in [2.24, 2.45) is 0 Å². The van der Waals surface area contributed by atoms with Crippen LogP contribution in [-0.4, -0.2) is 53.3 Å². The lowest BCUT2D eigenvalue weighted by Crippen LogP contribution is -2.37. The molecular formula is C14H16N4O9S2. The molecule has 0 bridgehead atoms. The first-order valence-corrected chi connectivity index (χ1v) is 10.7. The SMILES string of the molecule is COc1cc(OC)nc(NC(=O)NS(=O)(=O)Oc2ccccc2OS(C)(=O)=O)n1. The number of rotatable bonds is 8. The second-order valence-corrected chi connectivity index (χ2v) is 7.96. The fourth-order valence-electron chi connectivity index (χ4n) is 1.80. The number of anilines is 1. The second kappa shape index (κ2) is 8.78. The molecule has 2 N–H and O–H groups in total. The number of aromatic nitrogens is 2. The third-order valence-corrected chi connectivity index (χ3v) is 4.15. The summed E-state index contributed by atoms with van der Waals surface area (Å²) in [4.78, 5) is 19.6. The van der Waals surface area contributed by atoms with Gasteiger partial charge in [0.05, 0.1) is 26.5 Å². The summed E-state index contributed by atoms with van der Waals surface area (Å²) >= 11 is 0. The van der Waals surface area contributed by atoms with E-state index >= 15 is 0 Å². The molecule has 0 saturated heterocycles. The summed E-state index contributed by atoms with van der Waals surface area (Å²) in [6, 6.07) is 5.14. The van der Waals surface area contributed by atoms with Gasteiger partial charge in [-0.15, -0.1) is 0 Å². The molecule has 0 saturated carbocycles. The van der Waals surface area contributed by atoms with E-state index in [9.17, 15) is 21.6 Å². The van der Waals surface area contributed by atoms with Gasteiger partial charge in [-0.1, -0.05) is 12.1 Å². The van der Waals surface area contributed by atoms with Crippen molar-refractivity contribution in [2.75, 3.05) is 25.8 Å². The van der Waals surface area contributed by atoms with E-state index in [1.54, 1.807) is 4.72 Å².